The third-order valence-corrected chi connectivity index (χ3v) is 8.52. The molecular weight excluding hydrogens is 270 g/mol. The fourth-order valence-electron chi connectivity index (χ4n) is 7.26. The highest BCUT2D eigenvalue weighted by Crippen LogP contribution is 2.65. The Balaban J connectivity index is 1.65. The van der Waals surface area contributed by atoms with Gasteiger partial charge >= 0.3 is 0 Å². The van der Waals surface area contributed by atoms with Gasteiger partial charge in [-0.15, -0.1) is 0 Å². The van der Waals surface area contributed by atoms with Gasteiger partial charge in [0.25, 0.3) is 0 Å². The Hall–Kier alpha value is -0.340. The Bertz CT molecular complexity index is 474. The van der Waals surface area contributed by atoms with E-state index in [1.165, 1.54) is 38.5 Å². The summed E-state index contributed by atoms with van der Waals surface area (Å²) < 4.78 is 0. The predicted octanol–water partition coefficient (Wildman–Crippen LogP) is 3.75. The summed E-state index contributed by atoms with van der Waals surface area (Å²) >= 11 is 0. The number of aliphatic hydroxyl groups excluding tert-OH is 1. The molecule has 8 atom stereocenters. The Morgan fingerprint density at radius 3 is 2.64 bits per heavy atom. The molecule has 0 unspecified atom stereocenters. The fraction of sp³-hybridized carbons (Fsp3) is 0.900. The Morgan fingerprint density at radius 2 is 1.86 bits per heavy atom. The van der Waals surface area contributed by atoms with Crippen LogP contribution in [0.15, 0.2) is 12.2 Å². The molecule has 0 aromatic heterocycles. The second-order valence-electron chi connectivity index (χ2n) is 9.14. The summed E-state index contributed by atoms with van der Waals surface area (Å²) in [6.45, 7) is 5.07. The Labute approximate surface area is 135 Å². The van der Waals surface area contributed by atoms with Gasteiger partial charge in [-0.1, -0.05) is 26.0 Å². The molecule has 22 heavy (non-hydrogen) atoms. The second kappa shape index (κ2) is 5.08. The summed E-state index contributed by atoms with van der Waals surface area (Å²) in [5.74, 6) is 3.39. The molecule has 0 heterocycles. The van der Waals surface area contributed by atoms with E-state index in [1.807, 2.05) is 0 Å². The first-order valence-electron chi connectivity index (χ1n) is 9.53. The monoisotopic (exact) mass is 303 g/mol. The van der Waals surface area contributed by atoms with Crippen molar-refractivity contribution < 1.29 is 5.11 Å². The van der Waals surface area contributed by atoms with Gasteiger partial charge < -0.3 is 10.4 Å². The number of aliphatic hydroxyl groups is 1. The molecule has 4 aliphatic carbocycles. The van der Waals surface area contributed by atoms with E-state index in [1.54, 1.807) is 0 Å². The van der Waals surface area contributed by atoms with Gasteiger partial charge in [-0.25, -0.2) is 0 Å². The van der Waals surface area contributed by atoms with Crippen LogP contribution in [0.5, 0.6) is 0 Å². The van der Waals surface area contributed by atoms with Crippen LogP contribution in [0.4, 0.5) is 0 Å². The van der Waals surface area contributed by atoms with Crippen molar-refractivity contribution in [2.75, 3.05) is 7.05 Å². The highest BCUT2D eigenvalue weighted by molar-refractivity contribution is 5.17. The lowest BCUT2D eigenvalue weighted by Crippen LogP contribution is -2.54. The van der Waals surface area contributed by atoms with E-state index >= 15 is 0 Å². The molecule has 3 fully saturated rings. The number of allylic oxidation sites excluding steroid dienone is 1. The van der Waals surface area contributed by atoms with Gasteiger partial charge in [0.05, 0.1) is 6.10 Å². The summed E-state index contributed by atoms with van der Waals surface area (Å²) in [5, 5.41) is 13.6. The molecule has 0 saturated heterocycles. The van der Waals surface area contributed by atoms with Crippen LogP contribution in [0, 0.1) is 34.5 Å². The number of rotatable bonds is 1. The van der Waals surface area contributed by atoms with Crippen LogP contribution in [0.2, 0.25) is 0 Å². The van der Waals surface area contributed by atoms with Gasteiger partial charge in [-0.05, 0) is 86.5 Å². The SMILES string of the molecule is CN[C@@H]1CC[C@H]2[C@@H]3CC[C@@H]4C[C@@H](O)C=C[C@]4(C)[C@H]3CC[C@]12C. The lowest BCUT2D eigenvalue weighted by Gasteiger charge is -2.59. The van der Waals surface area contributed by atoms with Crippen LogP contribution in [0.3, 0.4) is 0 Å². The van der Waals surface area contributed by atoms with Gasteiger partial charge in [-0.2, -0.15) is 0 Å². The van der Waals surface area contributed by atoms with Gasteiger partial charge in [0.15, 0.2) is 0 Å². The minimum atomic E-state index is -0.191. The van der Waals surface area contributed by atoms with Crippen molar-refractivity contribution in [3.63, 3.8) is 0 Å². The molecule has 124 valence electrons. The first-order valence-corrected chi connectivity index (χ1v) is 9.53. The number of nitrogens with one attached hydrogen (secondary N) is 1. The molecule has 0 amide bonds. The molecule has 0 aliphatic heterocycles. The van der Waals surface area contributed by atoms with Crippen molar-refractivity contribution in [1.29, 1.82) is 0 Å². The van der Waals surface area contributed by atoms with Gasteiger partial charge in [0, 0.05) is 6.04 Å². The van der Waals surface area contributed by atoms with E-state index in [4.69, 9.17) is 0 Å². The van der Waals surface area contributed by atoms with Crippen molar-refractivity contribution in [1.82, 2.24) is 5.32 Å². The zero-order valence-electron chi connectivity index (χ0n) is 14.5. The molecule has 0 aromatic carbocycles. The van der Waals surface area contributed by atoms with Crippen LogP contribution in [0.1, 0.15) is 58.8 Å². The quantitative estimate of drug-likeness (QED) is 0.723. The summed E-state index contributed by atoms with van der Waals surface area (Å²) in [6.07, 6.45) is 13.6. The highest BCUT2D eigenvalue weighted by Gasteiger charge is 2.59. The average molecular weight is 303 g/mol. The maximum Gasteiger partial charge on any atom is 0.0724 e. The first-order chi connectivity index (χ1) is 10.5. The molecule has 4 aliphatic rings. The maximum atomic E-state index is 10.0. The molecule has 0 bridgehead atoms. The van der Waals surface area contributed by atoms with E-state index in [0.29, 0.717) is 16.7 Å². The summed E-state index contributed by atoms with van der Waals surface area (Å²) in [5.41, 5.74) is 0.873. The van der Waals surface area contributed by atoms with Gasteiger partial charge in [0.2, 0.25) is 0 Å². The molecule has 0 spiro atoms. The van der Waals surface area contributed by atoms with Crippen molar-refractivity contribution in [2.45, 2.75) is 70.9 Å². The maximum absolute atomic E-state index is 10.0. The van der Waals surface area contributed by atoms with Crippen molar-refractivity contribution >= 4 is 0 Å². The zero-order chi connectivity index (χ0) is 15.5. The lowest BCUT2D eigenvalue weighted by atomic mass is 9.46. The second-order valence-corrected chi connectivity index (χ2v) is 9.14. The van der Waals surface area contributed by atoms with Crippen molar-refractivity contribution in [3.8, 4) is 0 Å². The Kier molecular flexibility index (Phi) is 3.51. The molecular formula is C20H33NO. The standard InChI is InChI=1S/C20H33NO/c1-19-10-8-14(22)12-13(19)4-5-15-16-6-7-18(21-3)20(16,2)11-9-17(15)19/h8,10,13-18,21-22H,4-7,9,11-12H2,1-3H3/t13-,14+,15+,16+,17+,18-,19+,20+/m1/s1. The van der Waals surface area contributed by atoms with Gasteiger partial charge in [0.1, 0.15) is 0 Å². The average Bonchev–Trinajstić information content (AvgIpc) is 2.84. The molecule has 2 nitrogen and oxygen atoms in total. The van der Waals surface area contributed by atoms with E-state index in [9.17, 15) is 5.11 Å². The van der Waals surface area contributed by atoms with Crippen LogP contribution >= 0.6 is 0 Å². The minimum Gasteiger partial charge on any atom is -0.389 e. The molecule has 3 saturated carbocycles. The van der Waals surface area contributed by atoms with Crippen molar-refractivity contribution in [3.05, 3.63) is 12.2 Å². The molecule has 4 rings (SSSR count). The predicted molar refractivity (Wildman–Crippen MR) is 90.5 cm³/mol. The normalized spacial score (nSPS) is 57.1. The molecule has 0 aromatic rings. The van der Waals surface area contributed by atoms with Crippen LogP contribution in [-0.2, 0) is 0 Å². The zero-order valence-corrected chi connectivity index (χ0v) is 14.5. The van der Waals surface area contributed by atoms with E-state index in [2.05, 4.69) is 38.4 Å². The largest absolute Gasteiger partial charge is 0.389 e. The molecule has 0 radical (unpaired) electrons. The molecule has 2 N–H and O–H groups in total. The van der Waals surface area contributed by atoms with Crippen molar-refractivity contribution in [2.24, 2.45) is 34.5 Å². The van der Waals surface area contributed by atoms with E-state index in [-0.39, 0.29) is 6.10 Å². The van der Waals surface area contributed by atoms with Gasteiger partial charge in [-0.3, -0.25) is 0 Å². The lowest BCUT2D eigenvalue weighted by molar-refractivity contribution is -0.0806. The molecule has 2 heteroatoms. The van der Waals surface area contributed by atoms with Crippen LogP contribution in [-0.4, -0.2) is 24.3 Å². The van der Waals surface area contributed by atoms with E-state index in [0.717, 1.165) is 30.2 Å². The summed E-state index contributed by atoms with van der Waals surface area (Å²) in [4.78, 5) is 0. The topological polar surface area (TPSA) is 32.3 Å². The van der Waals surface area contributed by atoms with Crippen LogP contribution in [0.25, 0.3) is 0 Å². The van der Waals surface area contributed by atoms with Crippen LogP contribution < -0.4 is 5.32 Å². The smallest absolute Gasteiger partial charge is 0.0724 e. The fourth-order valence-corrected chi connectivity index (χ4v) is 7.26. The number of hydrogen-bond donors (Lipinski definition) is 2. The summed E-state index contributed by atoms with van der Waals surface area (Å²) in [6, 6.07) is 0.729. The first kappa shape index (κ1) is 15.2. The van der Waals surface area contributed by atoms with E-state index < -0.39 is 0 Å². The third kappa shape index (κ3) is 1.92. The number of hydrogen-bond acceptors (Lipinski definition) is 2. The highest BCUT2D eigenvalue weighted by atomic mass is 16.3. The minimum absolute atomic E-state index is 0.191. The summed E-state index contributed by atoms with van der Waals surface area (Å²) in [7, 11) is 2.16. The number of fused-ring (bicyclic) bond motifs is 5. The Morgan fingerprint density at radius 1 is 1.05 bits per heavy atom. The third-order valence-electron chi connectivity index (χ3n) is 8.52.